The molecule has 0 heterocycles. The van der Waals surface area contributed by atoms with Gasteiger partial charge >= 0.3 is 0 Å². The van der Waals surface area contributed by atoms with Crippen molar-refractivity contribution in [3.63, 3.8) is 0 Å². The fraction of sp³-hybridized carbons (Fsp3) is 0.500. The zero-order valence-electron chi connectivity index (χ0n) is 5.49. The third-order valence-electron chi connectivity index (χ3n) is 0.887. The van der Waals surface area contributed by atoms with Crippen LogP contribution < -0.4 is 5.11 Å². The van der Waals surface area contributed by atoms with Gasteiger partial charge in [-0.05, 0) is 22.4 Å². The number of halogens is 2. The number of carboxylic acid groups (broad SMARTS) is 1. The molecular formula is C6H7Br2O2-. The van der Waals surface area contributed by atoms with E-state index in [4.69, 9.17) is 0 Å². The molecule has 0 amide bonds. The molecule has 0 fully saturated rings. The van der Waals surface area contributed by atoms with E-state index in [1.165, 1.54) is 0 Å². The topological polar surface area (TPSA) is 40.1 Å². The van der Waals surface area contributed by atoms with E-state index in [0.717, 1.165) is 6.42 Å². The van der Waals surface area contributed by atoms with Gasteiger partial charge in [0.2, 0.25) is 0 Å². The fourth-order valence-corrected chi connectivity index (χ4v) is 1.20. The Morgan fingerprint density at radius 1 is 1.50 bits per heavy atom. The van der Waals surface area contributed by atoms with Crippen molar-refractivity contribution in [3.8, 4) is 0 Å². The maximum absolute atomic E-state index is 10.2. The number of hydrogen-bond acceptors (Lipinski definition) is 2. The molecule has 0 aliphatic heterocycles. The summed E-state index contributed by atoms with van der Waals surface area (Å²) in [6.07, 6.45) is 1.62. The van der Waals surface area contributed by atoms with Crippen LogP contribution in [0, 0.1) is 0 Å². The SMILES string of the molecule is CCC/C(Br)=C(/Br)C(=O)[O-]. The summed E-state index contributed by atoms with van der Waals surface area (Å²) in [5.41, 5.74) is 0. The molecule has 0 N–H and O–H groups in total. The number of aliphatic carboxylic acids is 1. The second-order valence-corrected chi connectivity index (χ2v) is 3.51. The van der Waals surface area contributed by atoms with Crippen LogP contribution in [-0.2, 0) is 4.79 Å². The number of carbonyl (C=O) groups is 1. The van der Waals surface area contributed by atoms with Crippen molar-refractivity contribution in [2.75, 3.05) is 0 Å². The van der Waals surface area contributed by atoms with Crippen molar-refractivity contribution < 1.29 is 9.90 Å². The summed E-state index contributed by atoms with van der Waals surface area (Å²) in [5, 5.41) is 10.2. The van der Waals surface area contributed by atoms with Crippen molar-refractivity contribution >= 4 is 37.8 Å². The van der Waals surface area contributed by atoms with Crippen LogP contribution in [0.3, 0.4) is 0 Å². The van der Waals surface area contributed by atoms with Crippen molar-refractivity contribution in [3.05, 3.63) is 8.96 Å². The van der Waals surface area contributed by atoms with Gasteiger partial charge in [0.25, 0.3) is 0 Å². The summed E-state index contributed by atoms with van der Waals surface area (Å²) in [7, 11) is 0. The first-order chi connectivity index (χ1) is 4.59. The van der Waals surface area contributed by atoms with Crippen molar-refractivity contribution in [2.24, 2.45) is 0 Å². The van der Waals surface area contributed by atoms with Gasteiger partial charge in [-0.3, -0.25) is 0 Å². The Morgan fingerprint density at radius 3 is 2.30 bits per heavy atom. The lowest BCUT2D eigenvalue weighted by molar-refractivity contribution is -0.298. The van der Waals surface area contributed by atoms with Gasteiger partial charge in [-0.2, -0.15) is 0 Å². The molecule has 0 saturated heterocycles. The van der Waals surface area contributed by atoms with E-state index in [9.17, 15) is 9.90 Å². The predicted octanol–water partition coefficient (Wildman–Crippen LogP) is 1.54. The van der Waals surface area contributed by atoms with Gasteiger partial charge in [0, 0.05) is 4.48 Å². The summed E-state index contributed by atoms with van der Waals surface area (Å²) >= 11 is 6.00. The Balaban J connectivity index is 4.19. The lowest BCUT2D eigenvalue weighted by Gasteiger charge is -2.02. The second-order valence-electron chi connectivity index (χ2n) is 1.76. The van der Waals surface area contributed by atoms with Gasteiger partial charge in [-0.25, -0.2) is 0 Å². The number of allylic oxidation sites excluding steroid dienone is 1. The minimum atomic E-state index is -1.18. The summed E-state index contributed by atoms with van der Waals surface area (Å²) in [6.45, 7) is 1.97. The van der Waals surface area contributed by atoms with Gasteiger partial charge < -0.3 is 9.90 Å². The molecule has 0 aromatic heterocycles. The highest BCUT2D eigenvalue weighted by molar-refractivity contribution is 9.14. The molecule has 0 saturated carbocycles. The van der Waals surface area contributed by atoms with E-state index in [1.807, 2.05) is 6.92 Å². The van der Waals surface area contributed by atoms with Crippen LogP contribution in [0.1, 0.15) is 19.8 Å². The van der Waals surface area contributed by atoms with Crippen LogP contribution in [0.25, 0.3) is 0 Å². The molecule has 0 unspecified atom stereocenters. The summed E-state index contributed by atoms with van der Waals surface area (Å²) in [4.78, 5) is 10.2. The van der Waals surface area contributed by atoms with E-state index in [2.05, 4.69) is 31.9 Å². The maximum Gasteiger partial charge on any atom is 0.0793 e. The average molecular weight is 271 g/mol. The van der Waals surface area contributed by atoms with Gasteiger partial charge in [-0.15, -0.1) is 0 Å². The highest BCUT2D eigenvalue weighted by Crippen LogP contribution is 2.21. The molecule has 0 spiro atoms. The van der Waals surface area contributed by atoms with E-state index < -0.39 is 5.97 Å². The first-order valence-corrected chi connectivity index (χ1v) is 4.43. The standard InChI is InChI=1S/C6H8Br2O2/c1-2-3-4(7)5(8)6(9)10/h2-3H2,1H3,(H,9,10)/p-1/b5-4-. The summed E-state index contributed by atoms with van der Waals surface area (Å²) in [6, 6.07) is 0. The third kappa shape index (κ3) is 3.37. The van der Waals surface area contributed by atoms with Gasteiger partial charge in [0.05, 0.1) is 10.5 Å². The lowest BCUT2D eigenvalue weighted by Crippen LogP contribution is -2.22. The van der Waals surface area contributed by atoms with Crippen molar-refractivity contribution in [1.82, 2.24) is 0 Å². The van der Waals surface area contributed by atoms with E-state index in [0.29, 0.717) is 10.9 Å². The Kier molecular flexibility index (Phi) is 4.99. The molecule has 0 bridgehead atoms. The second kappa shape index (κ2) is 4.91. The molecule has 10 heavy (non-hydrogen) atoms. The fourth-order valence-electron chi connectivity index (χ4n) is 0.440. The predicted molar refractivity (Wildman–Crippen MR) is 44.8 cm³/mol. The van der Waals surface area contributed by atoms with E-state index in [1.54, 1.807) is 0 Å². The van der Waals surface area contributed by atoms with Crippen molar-refractivity contribution in [1.29, 1.82) is 0 Å². The Labute approximate surface area is 76.6 Å². The Bertz CT molecular complexity index is 163. The number of carbonyl (C=O) groups excluding carboxylic acids is 1. The maximum atomic E-state index is 10.2. The third-order valence-corrected chi connectivity index (χ3v) is 3.01. The van der Waals surface area contributed by atoms with Crippen LogP contribution in [0.4, 0.5) is 0 Å². The van der Waals surface area contributed by atoms with E-state index >= 15 is 0 Å². The Morgan fingerprint density at radius 2 is 2.00 bits per heavy atom. The molecule has 0 aliphatic carbocycles. The summed E-state index contributed by atoms with van der Waals surface area (Å²) in [5.74, 6) is -1.18. The number of hydrogen-bond donors (Lipinski definition) is 0. The van der Waals surface area contributed by atoms with Crippen LogP contribution in [0.15, 0.2) is 8.96 Å². The van der Waals surface area contributed by atoms with Crippen LogP contribution in [0.2, 0.25) is 0 Å². The Hall–Kier alpha value is 0.170. The van der Waals surface area contributed by atoms with Gasteiger partial charge in [-0.1, -0.05) is 29.3 Å². The average Bonchev–Trinajstić information content (AvgIpc) is 1.87. The molecule has 0 rings (SSSR count). The first-order valence-electron chi connectivity index (χ1n) is 2.85. The van der Waals surface area contributed by atoms with Gasteiger partial charge in [0.1, 0.15) is 0 Å². The lowest BCUT2D eigenvalue weighted by atomic mass is 10.3. The molecule has 58 valence electrons. The molecule has 0 aliphatic rings. The molecule has 0 radical (unpaired) electrons. The highest BCUT2D eigenvalue weighted by atomic mass is 79.9. The van der Waals surface area contributed by atoms with Gasteiger partial charge in [0.15, 0.2) is 0 Å². The summed E-state index contributed by atoms with van der Waals surface area (Å²) < 4.78 is 0.754. The molecule has 0 aromatic carbocycles. The molecule has 0 aromatic rings. The highest BCUT2D eigenvalue weighted by Gasteiger charge is 1.99. The van der Waals surface area contributed by atoms with E-state index in [-0.39, 0.29) is 4.48 Å². The smallest absolute Gasteiger partial charge is 0.0793 e. The monoisotopic (exact) mass is 269 g/mol. The van der Waals surface area contributed by atoms with Crippen LogP contribution >= 0.6 is 31.9 Å². The van der Waals surface area contributed by atoms with Crippen LogP contribution in [0.5, 0.6) is 0 Å². The van der Waals surface area contributed by atoms with Crippen molar-refractivity contribution in [2.45, 2.75) is 19.8 Å². The largest absolute Gasteiger partial charge is 0.544 e. The van der Waals surface area contributed by atoms with Crippen LogP contribution in [-0.4, -0.2) is 5.97 Å². The zero-order valence-corrected chi connectivity index (χ0v) is 8.66. The quantitative estimate of drug-likeness (QED) is 0.730. The number of carboxylic acids is 1. The molecular weight excluding hydrogens is 264 g/mol. The first kappa shape index (κ1) is 10.2. The minimum Gasteiger partial charge on any atom is -0.544 e. The normalized spacial score (nSPS) is 12.7. The molecule has 2 nitrogen and oxygen atoms in total. The molecule has 4 heteroatoms. The zero-order chi connectivity index (χ0) is 8.15. The molecule has 0 atom stereocenters. The minimum absolute atomic E-state index is 0.106. The number of rotatable bonds is 3.